The van der Waals surface area contributed by atoms with Gasteiger partial charge in [-0.3, -0.25) is 0 Å². The second-order valence-corrected chi connectivity index (χ2v) is 3.82. The van der Waals surface area contributed by atoms with Gasteiger partial charge in [0.05, 0.1) is 13.2 Å². The van der Waals surface area contributed by atoms with Gasteiger partial charge in [0, 0.05) is 0 Å². The molecule has 0 amide bonds. The molecule has 0 aromatic heterocycles. The molecule has 0 N–H and O–H groups in total. The molecule has 0 spiro atoms. The van der Waals surface area contributed by atoms with Crippen molar-refractivity contribution in [2.75, 3.05) is 19.8 Å². The molecule has 0 saturated carbocycles. The number of halogens is 9. The highest BCUT2D eigenvalue weighted by atomic mass is 19.4. The molecule has 1 fully saturated rings. The molecule has 1 aliphatic heterocycles. The van der Waals surface area contributed by atoms with E-state index < -0.39 is 43.3 Å². The molecule has 1 rings (SSSR count). The van der Waals surface area contributed by atoms with Crippen molar-refractivity contribution in [1.82, 2.24) is 0 Å². The van der Waals surface area contributed by atoms with Crippen LogP contribution in [0.3, 0.4) is 0 Å². The molecule has 114 valence electrons. The number of ether oxygens (including phenoxy) is 2. The van der Waals surface area contributed by atoms with Crippen molar-refractivity contribution in [2.24, 2.45) is 0 Å². The van der Waals surface area contributed by atoms with Crippen LogP contribution >= 0.6 is 0 Å². The first-order chi connectivity index (χ1) is 8.33. The van der Waals surface area contributed by atoms with E-state index in [0.717, 1.165) is 0 Å². The standard InChI is InChI=1S/C8H7F9O2/c9-5(10,3-18-1-4-2-19-4)6(11,12)7(13,14)8(15,16)17/h4H,1-3H2. The zero-order chi connectivity index (χ0) is 15.1. The van der Waals surface area contributed by atoms with Crippen LogP contribution in [0.4, 0.5) is 39.5 Å². The first-order valence-corrected chi connectivity index (χ1v) is 4.72. The van der Waals surface area contributed by atoms with E-state index in [4.69, 9.17) is 0 Å². The monoisotopic (exact) mass is 306 g/mol. The van der Waals surface area contributed by atoms with Crippen LogP contribution in [0, 0.1) is 0 Å². The maximum Gasteiger partial charge on any atom is 0.460 e. The number of alkyl halides is 9. The maximum atomic E-state index is 12.8. The lowest BCUT2D eigenvalue weighted by atomic mass is 10.0. The van der Waals surface area contributed by atoms with Crippen molar-refractivity contribution >= 4 is 0 Å². The summed E-state index contributed by atoms with van der Waals surface area (Å²) in [6, 6.07) is 0. The van der Waals surface area contributed by atoms with Crippen LogP contribution in [-0.4, -0.2) is 49.9 Å². The highest BCUT2D eigenvalue weighted by Crippen LogP contribution is 2.53. The Morgan fingerprint density at radius 3 is 1.74 bits per heavy atom. The summed E-state index contributed by atoms with van der Waals surface area (Å²) in [4.78, 5) is 0. The lowest BCUT2D eigenvalue weighted by Gasteiger charge is -2.33. The Hall–Kier alpha value is -0.710. The molecule has 2 nitrogen and oxygen atoms in total. The van der Waals surface area contributed by atoms with Gasteiger partial charge in [-0.25, -0.2) is 0 Å². The number of epoxide rings is 1. The molecule has 19 heavy (non-hydrogen) atoms. The fourth-order valence-electron chi connectivity index (χ4n) is 0.981. The van der Waals surface area contributed by atoms with Gasteiger partial charge in [-0.2, -0.15) is 39.5 Å². The largest absolute Gasteiger partial charge is 0.460 e. The molecule has 0 aromatic carbocycles. The van der Waals surface area contributed by atoms with Crippen LogP contribution in [0.2, 0.25) is 0 Å². The van der Waals surface area contributed by atoms with Gasteiger partial charge < -0.3 is 9.47 Å². The van der Waals surface area contributed by atoms with Gasteiger partial charge in [0.1, 0.15) is 12.7 Å². The summed E-state index contributed by atoms with van der Waals surface area (Å²) in [5.41, 5.74) is 0. The minimum atomic E-state index is -6.87. The zero-order valence-electron chi connectivity index (χ0n) is 8.92. The van der Waals surface area contributed by atoms with Gasteiger partial charge in [-0.05, 0) is 0 Å². The summed E-state index contributed by atoms with van der Waals surface area (Å²) in [5, 5.41) is 0. The molecule has 0 radical (unpaired) electrons. The van der Waals surface area contributed by atoms with Crippen LogP contribution in [-0.2, 0) is 9.47 Å². The first-order valence-electron chi connectivity index (χ1n) is 4.72. The second kappa shape index (κ2) is 4.69. The van der Waals surface area contributed by atoms with Gasteiger partial charge >= 0.3 is 23.9 Å². The van der Waals surface area contributed by atoms with Crippen LogP contribution in [0.5, 0.6) is 0 Å². The normalized spacial score (nSPS) is 21.6. The Labute approximate surface area is 100 Å². The molecular weight excluding hydrogens is 299 g/mol. The van der Waals surface area contributed by atoms with Crippen LogP contribution in [0.1, 0.15) is 0 Å². The molecule has 1 unspecified atom stereocenters. The van der Waals surface area contributed by atoms with E-state index in [2.05, 4.69) is 9.47 Å². The number of hydrogen-bond acceptors (Lipinski definition) is 2. The predicted molar refractivity (Wildman–Crippen MR) is 41.5 cm³/mol. The molecular formula is C8H7F9O2. The molecule has 1 aliphatic rings. The Balaban J connectivity index is 2.76. The minimum absolute atomic E-state index is 0.112. The fraction of sp³-hybridized carbons (Fsp3) is 1.00. The molecule has 11 heteroatoms. The quantitative estimate of drug-likeness (QED) is 0.556. The minimum Gasteiger partial charge on any atom is -0.372 e. The van der Waals surface area contributed by atoms with Crippen LogP contribution in [0.25, 0.3) is 0 Å². The predicted octanol–water partition coefficient (Wildman–Crippen LogP) is 2.87. The molecule has 1 heterocycles. The third kappa shape index (κ3) is 3.07. The van der Waals surface area contributed by atoms with Crippen molar-refractivity contribution in [2.45, 2.75) is 30.0 Å². The van der Waals surface area contributed by atoms with E-state index in [-0.39, 0.29) is 6.61 Å². The van der Waals surface area contributed by atoms with Gasteiger partial charge in [-0.15, -0.1) is 0 Å². The highest BCUT2D eigenvalue weighted by molar-refractivity contribution is 5.00. The van der Waals surface area contributed by atoms with E-state index in [1.54, 1.807) is 0 Å². The van der Waals surface area contributed by atoms with E-state index in [1.807, 2.05) is 0 Å². The lowest BCUT2D eigenvalue weighted by Crippen LogP contribution is -2.62. The first kappa shape index (κ1) is 16.3. The van der Waals surface area contributed by atoms with E-state index in [0.29, 0.717) is 0 Å². The third-order valence-corrected chi connectivity index (χ3v) is 2.20. The Morgan fingerprint density at radius 2 is 1.37 bits per heavy atom. The molecule has 0 aromatic rings. The summed E-state index contributed by atoms with van der Waals surface area (Å²) in [6.07, 6.45) is -7.44. The van der Waals surface area contributed by atoms with Crippen molar-refractivity contribution in [1.29, 1.82) is 0 Å². The summed E-state index contributed by atoms with van der Waals surface area (Å²) < 4.78 is 119. The smallest absolute Gasteiger partial charge is 0.372 e. The van der Waals surface area contributed by atoms with Gasteiger partial charge in [-0.1, -0.05) is 0 Å². The van der Waals surface area contributed by atoms with Crippen molar-refractivity contribution in [3.63, 3.8) is 0 Å². The lowest BCUT2D eigenvalue weighted by molar-refractivity contribution is -0.399. The number of rotatable bonds is 6. The molecule has 0 aliphatic carbocycles. The number of hydrogen-bond donors (Lipinski definition) is 0. The van der Waals surface area contributed by atoms with Gasteiger partial charge in [0.15, 0.2) is 0 Å². The summed E-state index contributed by atoms with van der Waals surface area (Å²) >= 11 is 0. The third-order valence-electron chi connectivity index (χ3n) is 2.20. The summed E-state index contributed by atoms with van der Waals surface area (Å²) in [5.74, 6) is -19.2. The summed E-state index contributed by atoms with van der Waals surface area (Å²) in [7, 11) is 0. The van der Waals surface area contributed by atoms with E-state index >= 15 is 0 Å². The average Bonchev–Trinajstić information content (AvgIpc) is 2.99. The Bertz CT molecular complexity index is 321. The average molecular weight is 306 g/mol. The topological polar surface area (TPSA) is 21.8 Å². The van der Waals surface area contributed by atoms with E-state index in [1.165, 1.54) is 0 Å². The Kier molecular flexibility index (Phi) is 4.03. The van der Waals surface area contributed by atoms with Gasteiger partial charge in [0.2, 0.25) is 0 Å². The fourth-order valence-corrected chi connectivity index (χ4v) is 0.981. The molecule has 0 bridgehead atoms. The van der Waals surface area contributed by atoms with Gasteiger partial charge in [0.25, 0.3) is 0 Å². The Morgan fingerprint density at radius 1 is 0.895 bits per heavy atom. The van der Waals surface area contributed by atoms with E-state index in [9.17, 15) is 39.5 Å². The zero-order valence-corrected chi connectivity index (χ0v) is 8.92. The SMILES string of the molecule is FC(F)(F)C(F)(F)C(F)(F)C(F)(F)COCC1CO1. The second-order valence-electron chi connectivity index (χ2n) is 3.82. The highest BCUT2D eigenvalue weighted by Gasteiger charge is 2.81. The summed E-state index contributed by atoms with van der Waals surface area (Å²) in [6.45, 7) is -2.75. The van der Waals surface area contributed by atoms with Crippen LogP contribution < -0.4 is 0 Å². The van der Waals surface area contributed by atoms with Crippen molar-refractivity contribution < 1.29 is 49.0 Å². The van der Waals surface area contributed by atoms with Crippen molar-refractivity contribution in [3.05, 3.63) is 0 Å². The molecule has 1 saturated heterocycles. The molecule has 1 atom stereocenters. The van der Waals surface area contributed by atoms with Crippen LogP contribution in [0.15, 0.2) is 0 Å². The van der Waals surface area contributed by atoms with Crippen molar-refractivity contribution in [3.8, 4) is 0 Å². The maximum absolute atomic E-state index is 12.8.